The molecule has 2 aromatic carbocycles. The molecule has 0 atom stereocenters. The molecule has 8 nitrogen and oxygen atoms in total. The highest BCUT2D eigenvalue weighted by Crippen LogP contribution is 2.35. The van der Waals surface area contributed by atoms with Gasteiger partial charge in [-0.1, -0.05) is 23.4 Å². The number of hydrogen-bond acceptors (Lipinski definition) is 6. The van der Waals surface area contributed by atoms with Crippen molar-refractivity contribution >= 4 is 11.6 Å². The second kappa shape index (κ2) is 7.56. The lowest BCUT2D eigenvalue weighted by molar-refractivity contribution is -0.119. The maximum absolute atomic E-state index is 13.2. The number of aryl methyl sites for hydroxylation is 1. The van der Waals surface area contributed by atoms with E-state index in [1.54, 1.807) is 0 Å². The zero-order chi connectivity index (χ0) is 21.5. The summed E-state index contributed by atoms with van der Waals surface area (Å²) in [6.07, 6.45) is 3.82. The molecule has 4 heterocycles. The van der Waals surface area contributed by atoms with Gasteiger partial charge in [0.2, 0.25) is 18.5 Å². The van der Waals surface area contributed by atoms with Gasteiger partial charge in [-0.3, -0.25) is 4.79 Å². The Hall–Kier alpha value is -4.07. The third-order valence-electron chi connectivity index (χ3n) is 5.82. The van der Waals surface area contributed by atoms with Crippen LogP contribution in [-0.4, -0.2) is 34.0 Å². The van der Waals surface area contributed by atoms with E-state index in [0.717, 1.165) is 30.6 Å². The van der Waals surface area contributed by atoms with E-state index in [-0.39, 0.29) is 19.2 Å². The Morgan fingerprint density at radius 3 is 2.91 bits per heavy atom. The lowest BCUT2D eigenvalue weighted by Gasteiger charge is -2.29. The number of rotatable bonds is 4. The van der Waals surface area contributed by atoms with E-state index in [4.69, 9.17) is 14.0 Å². The van der Waals surface area contributed by atoms with Gasteiger partial charge in [-0.2, -0.15) is 4.98 Å². The third kappa shape index (κ3) is 3.20. The molecule has 4 aromatic rings. The summed E-state index contributed by atoms with van der Waals surface area (Å²) in [5.41, 5.74) is 3.68. The first-order valence-electron chi connectivity index (χ1n) is 10.5. The fourth-order valence-corrected chi connectivity index (χ4v) is 4.25. The van der Waals surface area contributed by atoms with Crippen LogP contribution in [0.3, 0.4) is 0 Å². The summed E-state index contributed by atoms with van der Waals surface area (Å²) >= 11 is 0. The Morgan fingerprint density at radius 2 is 1.94 bits per heavy atom. The lowest BCUT2D eigenvalue weighted by atomic mass is 10.0. The molecule has 0 bridgehead atoms. The Morgan fingerprint density at radius 1 is 1.03 bits per heavy atom. The highest BCUT2D eigenvalue weighted by atomic mass is 16.7. The molecule has 8 heteroatoms. The molecule has 0 saturated heterocycles. The van der Waals surface area contributed by atoms with E-state index in [1.807, 2.05) is 64.2 Å². The smallest absolute Gasteiger partial charge is 0.274 e. The summed E-state index contributed by atoms with van der Waals surface area (Å²) in [4.78, 5) is 19.6. The van der Waals surface area contributed by atoms with Crippen molar-refractivity contribution in [2.45, 2.75) is 19.4 Å². The van der Waals surface area contributed by atoms with Crippen molar-refractivity contribution in [3.63, 3.8) is 0 Å². The van der Waals surface area contributed by atoms with Crippen LogP contribution in [0.15, 0.2) is 65.3 Å². The molecule has 0 radical (unpaired) electrons. The van der Waals surface area contributed by atoms with Crippen LogP contribution in [0, 0.1) is 0 Å². The van der Waals surface area contributed by atoms with Crippen molar-refractivity contribution in [3.05, 3.63) is 66.4 Å². The van der Waals surface area contributed by atoms with Crippen molar-refractivity contribution < 1.29 is 18.8 Å². The number of anilines is 1. The van der Waals surface area contributed by atoms with Crippen LogP contribution in [0.5, 0.6) is 11.5 Å². The molecule has 0 fully saturated rings. The van der Waals surface area contributed by atoms with Crippen LogP contribution < -0.4 is 14.4 Å². The van der Waals surface area contributed by atoms with Gasteiger partial charge in [0.1, 0.15) is 12.2 Å². The number of nitrogens with zero attached hydrogens (tertiary/aromatic N) is 4. The van der Waals surface area contributed by atoms with E-state index in [1.165, 1.54) is 5.56 Å². The number of hydrogen-bond donors (Lipinski definition) is 0. The molecule has 1 amide bonds. The monoisotopic (exact) mass is 428 g/mol. The van der Waals surface area contributed by atoms with Crippen LogP contribution in [-0.2, 0) is 17.8 Å². The molecule has 32 heavy (non-hydrogen) atoms. The Labute approximate surface area is 184 Å². The van der Waals surface area contributed by atoms with Gasteiger partial charge in [-0.25, -0.2) is 0 Å². The first-order chi connectivity index (χ1) is 15.8. The number of aromatic nitrogens is 3. The Bertz CT molecular complexity index is 1310. The molecule has 2 aliphatic rings. The third-order valence-corrected chi connectivity index (χ3v) is 5.82. The summed E-state index contributed by atoms with van der Waals surface area (Å²) in [5.74, 6) is 2.19. The van der Waals surface area contributed by atoms with Crippen molar-refractivity contribution in [3.8, 4) is 34.5 Å². The molecule has 0 unspecified atom stereocenters. The average Bonchev–Trinajstić information content (AvgIpc) is 3.58. The number of ether oxygens (including phenoxy) is 2. The van der Waals surface area contributed by atoms with Gasteiger partial charge < -0.3 is 23.5 Å². The molecule has 160 valence electrons. The molecule has 0 saturated carbocycles. The number of carbonyl (C=O) groups is 1. The summed E-state index contributed by atoms with van der Waals surface area (Å²) in [6, 6.07) is 17.3. The number of fused-ring (bicyclic) bond motifs is 2. The van der Waals surface area contributed by atoms with Crippen LogP contribution in [0.2, 0.25) is 0 Å². The highest BCUT2D eigenvalue weighted by Gasteiger charge is 2.24. The quantitative estimate of drug-likeness (QED) is 0.490. The first kappa shape index (κ1) is 18.7. The van der Waals surface area contributed by atoms with Gasteiger partial charge in [-0.15, -0.1) is 0 Å². The summed E-state index contributed by atoms with van der Waals surface area (Å²) in [6.45, 7) is 1.12. The highest BCUT2D eigenvalue weighted by molar-refractivity contribution is 5.94. The summed E-state index contributed by atoms with van der Waals surface area (Å²) in [7, 11) is 0. The van der Waals surface area contributed by atoms with Crippen LogP contribution >= 0.6 is 0 Å². The minimum absolute atomic E-state index is 0.0325. The minimum Gasteiger partial charge on any atom is -0.454 e. The second-order valence-corrected chi connectivity index (χ2v) is 7.79. The maximum atomic E-state index is 13.2. The Balaban J connectivity index is 1.25. The summed E-state index contributed by atoms with van der Waals surface area (Å²) < 4.78 is 18.2. The molecule has 2 aliphatic heterocycles. The van der Waals surface area contributed by atoms with Crippen LogP contribution in [0.1, 0.15) is 12.0 Å². The van der Waals surface area contributed by atoms with E-state index >= 15 is 0 Å². The van der Waals surface area contributed by atoms with Crippen molar-refractivity contribution in [1.29, 1.82) is 0 Å². The predicted octanol–water partition coefficient (Wildman–Crippen LogP) is 3.91. The SMILES string of the molecule is O=C(Cn1cccc1-c1nc(-c2ccc3c(c2)OCO3)no1)N1CCCc2ccccc21. The topological polar surface area (TPSA) is 82.6 Å². The largest absolute Gasteiger partial charge is 0.454 e. The average molecular weight is 428 g/mol. The van der Waals surface area contributed by atoms with Gasteiger partial charge in [0.15, 0.2) is 11.5 Å². The molecule has 0 N–H and O–H groups in total. The zero-order valence-electron chi connectivity index (χ0n) is 17.2. The van der Waals surface area contributed by atoms with Gasteiger partial charge in [0, 0.05) is 24.0 Å². The van der Waals surface area contributed by atoms with Crippen molar-refractivity contribution in [2.24, 2.45) is 0 Å². The zero-order valence-corrected chi connectivity index (χ0v) is 17.2. The van der Waals surface area contributed by atoms with Crippen molar-refractivity contribution in [1.82, 2.24) is 14.7 Å². The van der Waals surface area contributed by atoms with E-state index < -0.39 is 0 Å². The minimum atomic E-state index is 0.0325. The molecular weight excluding hydrogens is 408 g/mol. The summed E-state index contributed by atoms with van der Waals surface area (Å²) in [5, 5.41) is 4.12. The van der Waals surface area contributed by atoms with Gasteiger partial charge in [-0.05, 0) is 54.8 Å². The van der Waals surface area contributed by atoms with E-state index in [0.29, 0.717) is 28.9 Å². The molecular formula is C24H20N4O4. The fraction of sp³-hybridized carbons (Fsp3) is 0.208. The second-order valence-electron chi connectivity index (χ2n) is 7.79. The number of carbonyl (C=O) groups excluding carboxylic acids is 1. The number of benzene rings is 2. The van der Waals surface area contributed by atoms with Crippen LogP contribution in [0.4, 0.5) is 5.69 Å². The van der Waals surface area contributed by atoms with Gasteiger partial charge in [0.25, 0.3) is 5.89 Å². The fourth-order valence-electron chi connectivity index (χ4n) is 4.25. The van der Waals surface area contributed by atoms with E-state index in [9.17, 15) is 4.79 Å². The Kier molecular flexibility index (Phi) is 4.41. The molecule has 0 aliphatic carbocycles. The maximum Gasteiger partial charge on any atom is 0.274 e. The predicted molar refractivity (Wildman–Crippen MR) is 116 cm³/mol. The molecule has 0 spiro atoms. The first-order valence-corrected chi connectivity index (χ1v) is 10.5. The normalized spacial score (nSPS) is 14.4. The van der Waals surface area contributed by atoms with Gasteiger partial charge >= 0.3 is 0 Å². The van der Waals surface area contributed by atoms with Crippen molar-refractivity contribution in [2.75, 3.05) is 18.2 Å². The van der Waals surface area contributed by atoms with Gasteiger partial charge in [0.05, 0.1) is 0 Å². The van der Waals surface area contributed by atoms with E-state index in [2.05, 4.69) is 16.2 Å². The molecule has 6 rings (SSSR count). The number of para-hydroxylation sites is 1. The molecule has 2 aromatic heterocycles. The lowest BCUT2D eigenvalue weighted by Crippen LogP contribution is -2.37. The van der Waals surface area contributed by atoms with Crippen LogP contribution in [0.25, 0.3) is 23.0 Å². The number of amides is 1. The standard InChI is InChI=1S/C24H20N4O4/c29-22(28-12-3-6-16-5-1-2-7-18(16)28)14-27-11-4-8-19(27)24-25-23(26-32-24)17-9-10-20-21(13-17)31-15-30-20/h1-2,4-5,7-11,13H,3,6,12,14-15H2.